The number of aliphatic hydroxyl groups excluding tert-OH is 1. The maximum absolute atomic E-state index is 11.2. The number of carbonyl (C=O) groups is 2. The van der Waals surface area contributed by atoms with Crippen LogP contribution in [0.25, 0.3) is 0 Å². The number of carbonyl (C=O) groups excluding carboxylic acids is 2. The van der Waals surface area contributed by atoms with E-state index in [1.54, 1.807) is 0 Å². The molecular formula is C11H16O5. The van der Waals surface area contributed by atoms with Gasteiger partial charge in [0.05, 0.1) is 6.61 Å². The normalized spacial score (nSPS) is 10.8. The molecule has 0 atom stereocenters. The fourth-order valence-electron chi connectivity index (χ4n) is 0.726. The van der Waals surface area contributed by atoms with Gasteiger partial charge in [0, 0.05) is 11.1 Å². The van der Waals surface area contributed by atoms with E-state index >= 15 is 0 Å². The van der Waals surface area contributed by atoms with Crippen molar-refractivity contribution in [2.45, 2.75) is 13.8 Å². The molecule has 0 aromatic rings. The molecule has 0 saturated carbocycles. The Morgan fingerprint density at radius 3 is 2.12 bits per heavy atom. The highest BCUT2D eigenvalue weighted by Gasteiger charge is 2.06. The van der Waals surface area contributed by atoms with Crippen LogP contribution in [0.4, 0.5) is 0 Å². The fraction of sp³-hybridized carbons (Fsp3) is 0.455. The zero-order chi connectivity index (χ0) is 12.6. The molecule has 5 nitrogen and oxygen atoms in total. The van der Waals surface area contributed by atoms with E-state index in [0.29, 0.717) is 11.1 Å². The van der Waals surface area contributed by atoms with Gasteiger partial charge in [-0.05, 0) is 19.9 Å². The van der Waals surface area contributed by atoms with Gasteiger partial charge in [-0.25, -0.2) is 9.59 Å². The fourth-order valence-corrected chi connectivity index (χ4v) is 0.726. The molecule has 0 unspecified atom stereocenters. The van der Waals surface area contributed by atoms with E-state index < -0.39 is 11.9 Å². The number of rotatable bonds is 6. The van der Waals surface area contributed by atoms with Crippen LogP contribution in [0.2, 0.25) is 0 Å². The summed E-state index contributed by atoms with van der Waals surface area (Å²) >= 11 is 0. The van der Waals surface area contributed by atoms with Gasteiger partial charge >= 0.3 is 11.9 Å². The lowest BCUT2D eigenvalue weighted by atomic mass is 10.3. The molecule has 0 aliphatic heterocycles. The van der Waals surface area contributed by atoms with Crippen LogP contribution in [-0.2, 0) is 19.1 Å². The summed E-state index contributed by atoms with van der Waals surface area (Å²) in [5.41, 5.74) is 0.608. The molecule has 0 radical (unpaired) electrons. The second kappa shape index (κ2) is 7.64. The lowest BCUT2D eigenvalue weighted by molar-refractivity contribution is -0.147. The third-order valence-corrected chi connectivity index (χ3v) is 1.62. The second-order valence-corrected chi connectivity index (χ2v) is 3.12. The van der Waals surface area contributed by atoms with Crippen LogP contribution in [-0.4, -0.2) is 36.9 Å². The van der Waals surface area contributed by atoms with E-state index in [4.69, 9.17) is 14.6 Å². The number of hydrogen-bond donors (Lipinski definition) is 1. The van der Waals surface area contributed by atoms with Crippen LogP contribution in [0.3, 0.4) is 0 Å². The zero-order valence-corrected chi connectivity index (χ0v) is 9.49. The molecule has 16 heavy (non-hydrogen) atoms. The molecule has 0 rings (SSSR count). The van der Waals surface area contributed by atoms with E-state index in [2.05, 4.69) is 6.58 Å². The molecule has 0 amide bonds. The molecule has 0 fully saturated rings. The van der Waals surface area contributed by atoms with Gasteiger partial charge in [-0.15, -0.1) is 0 Å². The van der Waals surface area contributed by atoms with Gasteiger partial charge in [-0.1, -0.05) is 6.58 Å². The van der Waals surface area contributed by atoms with Crippen molar-refractivity contribution in [2.75, 3.05) is 19.8 Å². The Morgan fingerprint density at radius 1 is 1.19 bits per heavy atom. The monoisotopic (exact) mass is 228 g/mol. The zero-order valence-electron chi connectivity index (χ0n) is 9.49. The van der Waals surface area contributed by atoms with Crippen LogP contribution < -0.4 is 0 Å². The van der Waals surface area contributed by atoms with Crippen LogP contribution in [0, 0.1) is 0 Å². The largest absolute Gasteiger partial charge is 0.459 e. The number of hydrogen-bond acceptors (Lipinski definition) is 5. The Morgan fingerprint density at radius 2 is 1.69 bits per heavy atom. The molecule has 0 aromatic carbocycles. The van der Waals surface area contributed by atoms with Gasteiger partial charge in [0.25, 0.3) is 0 Å². The van der Waals surface area contributed by atoms with Gasteiger partial charge in [0.1, 0.15) is 13.2 Å². The molecule has 0 saturated heterocycles. The predicted octanol–water partition coefficient (Wildman–Crippen LogP) is 0.587. The molecule has 0 aliphatic carbocycles. The number of esters is 2. The topological polar surface area (TPSA) is 72.8 Å². The molecule has 0 aromatic heterocycles. The van der Waals surface area contributed by atoms with Gasteiger partial charge < -0.3 is 14.6 Å². The van der Waals surface area contributed by atoms with Crippen molar-refractivity contribution in [1.29, 1.82) is 0 Å². The average Bonchev–Trinajstić information content (AvgIpc) is 2.23. The minimum absolute atomic E-state index is 0.0101. The Balaban J connectivity index is 3.75. The molecule has 0 spiro atoms. The first-order valence-electron chi connectivity index (χ1n) is 4.76. The van der Waals surface area contributed by atoms with Crippen molar-refractivity contribution in [3.05, 3.63) is 23.8 Å². The summed E-state index contributed by atoms with van der Waals surface area (Å²) < 4.78 is 9.47. The minimum atomic E-state index is -0.541. The summed E-state index contributed by atoms with van der Waals surface area (Å²) in [4.78, 5) is 22.1. The smallest absolute Gasteiger partial charge is 0.333 e. The maximum atomic E-state index is 11.2. The summed E-state index contributed by atoms with van der Waals surface area (Å²) in [5, 5.41) is 8.53. The van der Waals surface area contributed by atoms with Crippen molar-refractivity contribution < 1.29 is 24.2 Å². The van der Waals surface area contributed by atoms with Crippen LogP contribution in [0.1, 0.15) is 13.8 Å². The lowest BCUT2D eigenvalue weighted by Gasteiger charge is -2.06. The van der Waals surface area contributed by atoms with Gasteiger partial charge in [-0.3, -0.25) is 0 Å². The highest BCUT2D eigenvalue weighted by molar-refractivity contribution is 5.88. The van der Waals surface area contributed by atoms with Crippen molar-refractivity contribution in [3.63, 3.8) is 0 Å². The molecule has 0 heterocycles. The average molecular weight is 228 g/mol. The summed E-state index contributed by atoms with van der Waals surface area (Å²) in [6.45, 7) is 6.21. The third kappa shape index (κ3) is 5.98. The van der Waals surface area contributed by atoms with E-state index in [-0.39, 0.29) is 19.8 Å². The summed E-state index contributed by atoms with van der Waals surface area (Å²) in [7, 11) is 0. The van der Waals surface area contributed by atoms with E-state index in [1.807, 2.05) is 0 Å². The molecular weight excluding hydrogens is 212 g/mol. The standard InChI is InChI=1S/C11H16O5/c1-8(2)10(13)15-6-7-16-11(14)9(3)4-5-12/h4,12H,1,5-7H2,2-3H3. The van der Waals surface area contributed by atoms with Crippen molar-refractivity contribution >= 4 is 11.9 Å². The lowest BCUT2D eigenvalue weighted by Crippen LogP contribution is -2.14. The molecule has 5 heteroatoms. The Hall–Kier alpha value is -1.62. The first-order valence-corrected chi connectivity index (χ1v) is 4.76. The van der Waals surface area contributed by atoms with Crippen molar-refractivity contribution in [2.24, 2.45) is 0 Å². The van der Waals surface area contributed by atoms with Gasteiger partial charge in [-0.2, -0.15) is 0 Å². The van der Waals surface area contributed by atoms with E-state index in [0.717, 1.165) is 0 Å². The molecule has 0 bridgehead atoms. The van der Waals surface area contributed by atoms with Crippen molar-refractivity contribution in [3.8, 4) is 0 Å². The first kappa shape index (κ1) is 14.4. The van der Waals surface area contributed by atoms with Crippen molar-refractivity contribution in [1.82, 2.24) is 0 Å². The maximum Gasteiger partial charge on any atom is 0.333 e. The molecule has 1 N–H and O–H groups in total. The Bertz CT molecular complexity index is 303. The number of aliphatic hydroxyl groups is 1. The quantitative estimate of drug-likeness (QED) is 0.409. The Labute approximate surface area is 94.4 Å². The molecule has 0 aliphatic rings. The van der Waals surface area contributed by atoms with Gasteiger partial charge in [0.15, 0.2) is 0 Å². The summed E-state index contributed by atoms with van der Waals surface area (Å²) in [6.07, 6.45) is 1.34. The first-order chi connectivity index (χ1) is 7.49. The van der Waals surface area contributed by atoms with E-state index in [9.17, 15) is 9.59 Å². The molecule has 90 valence electrons. The Kier molecular flexibility index (Phi) is 6.87. The van der Waals surface area contributed by atoms with Gasteiger partial charge in [0.2, 0.25) is 0 Å². The SMILES string of the molecule is C=C(C)C(=O)OCCOC(=O)C(C)=CCO. The summed E-state index contributed by atoms with van der Waals surface area (Å²) in [5.74, 6) is -1.06. The third-order valence-electron chi connectivity index (χ3n) is 1.62. The number of ether oxygens (including phenoxy) is 2. The van der Waals surface area contributed by atoms with Crippen LogP contribution in [0.5, 0.6) is 0 Å². The minimum Gasteiger partial charge on any atom is -0.459 e. The highest BCUT2D eigenvalue weighted by Crippen LogP contribution is 1.97. The van der Waals surface area contributed by atoms with Crippen LogP contribution >= 0.6 is 0 Å². The highest BCUT2D eigenvalue weighted by atomic mass is 16.6. The van der Waals surface area contributed by atoms with E-state index in [1.165, 1.54) is 19.9 Å². The van der Waals surface area contributed by atoms with Crippen LogP contribution in [0.15, 0.2) is 23.8 Å². The second-order valence-electron chi connectivity index (χ2n) is 3.12. The predicted molar refractivity (Wildman–Crippen MR) is 57.6 cm³/mol. The summed E-state index contributed by atoms with van der Waals surface area (Å²) in [6, 6.07) is 0.